The molecule has 1 aromatic carbocycles. The summed E-state index contributed by atoms with van der Waals surface area (Å²) in [6, 6.07) is 6.21. The molecule has 0 amide bonds. The molecule has 0 N–H and O–H groups in total. The second-order valence-electron chi connectivity index (χ2n) is 7.87. The Morgan fingerprint density at radius 2 is 1.96 bits per heavy atom. The van der Waals surface area contributed by atoms with Gasteiger partial charge in [-0.3, -0.25) is 0 Å². The van der Waals surface area contributed by atoms with Gasteiger partial charge in [-0.1, -0.05) is 41.9 Å². The quantitative estimate of drug-likeness (QED) is 0.515. The van der Waals surface area contributed by atoms with Crippen molar-refractivity contribution < 1.29 is 4.74 Å². The number of rotatable bonds is 2. The van der Waals surface area contributed by atoms with E-state index in [2.05, 4.69) is 54.9 Å². The molecule has 1 saturated carbocycles. The zero-order valence-electron chi connectivity index (χ0n) is 16.7. The number of nitrogens with zero attached hydrogens (tertiary/aromatic N) is 1. The van der Waals surface area contributed by atoms with Crippen molar-refractivity contribution in [1.82, 2.24) is 0 Å². The van der Waals surface area contributed by atoms with Crippen LogP contribution in [0.15, 0.2) is 18.2 Å². The third kappa shape index (κ3) is 5.44. The van der Waals surface area contributed by atoms with Crippen LogP contribution in [0.2, 0.25) is 0 Å². The lowest BCUT2D eigenvalue weighted by Gasteiger charge is -2.35. The van der Waals surface area contributed by atoms with Crippen molar-refractivity contribution in [2.24, 2.45) is 5.92 Å². The molecule has 3 heteroatoms. The van der Waals surface area contributed by atoms with Gasteiger partial charge in [0.15, 0.2) is 0 Å². The SMILES string of the molecule is CC/C=C(/Br)c1cc(C#N)c(C)cc1C.CC1CCC2(CCCO2)CC1. The summed E-state index contributed by atoms with van der Waals surface area (Å²) < 4.78 is 6.90. The predicted molar refractivity (Wildman–Crippen MR) is 113 cm³/mol. The smallest absolute Gasteiger partial charge is 0.0994 e. The van der Waals surface area contributed by atoms with Crippen LogP contribution in [0.4, 0.5) is 0 Å². The zero-order valence-corrected chi connectivity index (χ0v) is 18.3. The average molecular weight is 418 g/mol. The van der Waals surface area contributed by atoms with Crippen molar-refractivity contribution in [2.45, 2.75) is 78.2 Å². The monoisotopic (exact) mass is 417 g/mol. The normalized spacial score (nSPS) is 25.5. The molecule has 142 valence electrons. The number of nitriles is 1. The van der Waals surface area contributed by atoms with Gasteiger partial charge >= 0.3 is 0 Å². The fourth-order valence-corrected chi connectivity index (χ4v) is 4.71. The fraction of sp³-hybridized carbons (Fsp3) is 0.609. The van der Waals surface area contributed by atoms with Gasteiger partial charge in [0, 0.05) is 11.1 Å². The summed E-state index contributed by atoms with van der Waals surface area (Å²) in [5.74, 6) is 0.949. The van der Waals surface area contributed by atoms with Crippen LogP contribution < -0.4 is 0 Å². The molecule has 2 aliphatic rings. The van der Waals surface area contributed by atoms with Crippen molar-refractivity contribution in [3.63, 3.8) is 0 Å². The van der Waals surface area contributed by atoms with Gasteiger partial charge in [-0.15, -0.1) is 0 Å². The molecular formula is C23H32BrNO. The topological polar surface area (TPSA) is 33.0 Å². The molecule has 1 saturated heterocycles. The van der Waals surface area contributed by atoms with Gasteiger partial charge in [-0.25, -0.2) is 0 Å². The Bertz CT molecular complexity index is 670. The van der Waals surface area contributed by atoms with E-state index in [1.165, 1.54) is 44.1 Å². The molecule has 0 radical (unpaired) electrons. The van der Waals surface area contributed by atoms with Crippen LogP contribution in [0, 0.1) is 31.1 Å². The Kier molecular flexibility index (Phi) is 7.92. The molecule has 1 aliphatic carbocycles. The lowest BCUT2D eigenvalue weighted by atomic mass is 9.78. The minimum atomic E-state index is 0.354. The minimum Gasteiger partial charge on any atom is -0.375 e. The molecule has 1 aromatic rings. The predicted octanol–water partition coefficient (Wildman–Crippen LogP) is 7.07. The van der Waals surface area contributed by atoms with Crippen LogP contribution >= 0.6 is 15.9 Å². The van der Waals surface area contributed by atoms with E-state index in [4.69, 9.17) is 10.00 Å². The third-order valence-corrected chi connectivity index (χ3v) is 6.45. The van der Waals surface area contributed by atoms with E-state index in [0.29, 0.717) is 5.60 Å². The van der Waals surface area contributed by atoms with Crippen molar-refractivity contribution in [3.8, 4) is 6.07 Å². The first-order valence-corrected chi connectivity index (χ1v) is 10.7. The molecule has 1 spiro atoms. The van der Waals surface area contributed by atoms with Gasteiger partial charge in [0.1, 0.15) is 0 Å². The van der Waals surface area contributed by atoms with Gasteiger partial charge in [0.05, 0.1) is 17.2 Å². The van der Waals surface area contributed by atoms with E-state index in [-0.39, 0.29) is 0 Å². The Balaban J connectivity index is 0.000000195. The summed E-state index contributed by atoms with van der Waals surface area (Å²) >= 11 is 3.54. The van der Waals surface area contributed by atoms with Gasteiger partial charge in [-0.2, -0.15) is 5.26 Å². The highest BCUT2D eigenvalue weighted by Crippen LogP contribution is 2.41. The summed E-state index contributed by atoms with van der Waals surface area (Å²) in [4.78, 5) is 0. The maximum absolute atomic E-state index is 8.96. The number of halogens is 1. The summed E-state index contributed by atoms with van der Waals surface area (Å²) in [5, 5.41) is 8.96. The highest BCUT2D eigenvalue weighted by Gasteiger charge is 2.37. The van der Waals surface area contributed by atoms with E-state index >= 15 is 0 Å². The highest BCUT2D eigenvalue weighted by atomic mass is 79.9. The highest BCUT2D eigenvalue weighted by molar-refractivity contribution is 9.15. The lowest BCUT2D eigenvalue weighted by Crippen LogP contribution is -2.32. The van der Waals surface area contributed by atoms with E-state index in [1.807, 2.05) is 13.0 Å². The number of aryl methyl sites for hydroxylation is 2. The maximum atomic E-state index is 8.96. The van der Waals surface area contributed by atoms with E-state index in [1.54, 1.807) is 0 Å². The van der Waals surface area contributed by atoms with E-state index in [0.717, 1.165) is 40.1 Å². The molecule has 0 aromatic heterocycles. The number of allylic oxidation sites excluding steroid dienone is 1. The van der Waals surface area contributed by atoms with Gasteiger partial charge < -0.3 is 4.74 Å². The molecule has 2 nitrogen and oxygen atoms in total. The molecule has 26 heavy (non-hydrogen) atoms. The Morgan fingerprint density at radius 1 is 1.27 bits per heavy atom. The number of benzene rings is 1. The fourth-order valence-electron chi connectivity index (χ4n) is 3.96. The zero-order chi connectivity index (χ0) is 19.2. The summed E-state index contributed by atoms with van der Waals surface area (Å²) in [6.45, 7) is 9.51. The van der Waals surface area contributed by atoms with Crippen LogP contribution in [0.5, 0.6) is 0 Å². The Hall–Kier alpha value is -1.11. The minimum absolute atomic E-state index is 0.354. The second kappa shape index (κ2) is 9.72. The molecular weight excluding hydrogens is 386 g/mol. The van der Waals surface area contributed by atoms with Crippen LogP contribution in [0.1, 0.15) is 81.0 Å². The first-order valence-electron chi connectivity index (χ1n) is 9.92. The molecule has 3 rings (SSSR count). The third-order valence-electron chi connectivity index (χ3n) is 5.70. The summed E-state index contributed by atoms with van der Waals surface area (Å²) in [7, 11) is 0. The van der Waals surface area contributed by atoms with Crippen molar-refractivity contribution in [2.75, 3.05) is 6.61 Å². The Labute approximate surface area is 167 Å². The van der Waals surface area contributed by atoms with Gasteiger partial charge in [0.25, 0.3) is 0 Å². The van der Waals surface area contributed by atoms with Crippen LogP contribution in [-0.2, 0) is 4.74 Å². The van der Waals surface area contributed by atoms with Crippen LogP contribution in [0.3, 0.4) is 0 Å². The number of hydrogen-bond donors (Lipinski definition) is 0. The van der Waals surface area contributed by atoms with Crippen molar-refractivity contribution in [3.05, 3.63) is 40.5 Å². The Morgan fingerprint density at radius 3 is 2.50 bits per heavy atom. The first kappa shape index (κ1) is 21.2. The van der Waals surface area contributed by atoms with Crippen LogP contribution in [-0.4, -0.2) is 12.2 Å². The summed E-state index contributed by atoms with van der Waals surface area (Å²) in [6.07, 6.45) is 11.2. The van der Waals surface area contributed by atoms with Gasteiger partial charge in [0.2, 0.25) is 0 Å². The number of ether oxygens (including phenoxy) is 1. The van der Waals surface area contributed by atoms with E-state index in [9.17, 15) is 0 Å². The lowest BCUT2D eigenvalue weighted by molar-refractivity contribution is -0.0330. The molecule has 0 bridgehead atoms. The molecule has 1 aliphatic heterocycles. The van der Waals surface area contributed by atoms with Crippen LogP contribution in [0.25, 0.3) is 4.48 Å². The van der Waals surface area contributed by atoms with Crippen molar-refractivity contribution >= 4 is 20.4 Å². The average Bonchev–Trinajstić information content (AvgIpc) is 3.07. The standard InChI is InChI=1S/C13H14BrN.C10H18O/c1-4-5-13(14)12-7-11(8-15)9(2)6-10(12)3;1-9-3-6-10(7-4-9)5-2-8-11-10/h5-7H,4H2,1-3H3;9H,2-8H2,1H3/b13-5+;. The van der Waals surface area contributed by atoms with Gasteiger partial charge in [-0.05, 0) is 87.5 Å². The molecule has 0 atom stereocenters. The van der Waals surface area contributed by atoms with E-state index < -0.39 is 0 Å². The molecule has 2 fully saturated rings. The first-order chi connectivity index (χ1) is 12.4. The second-order valence-corrected chi connectivity index (χ2v) is 8.73. The molecule has 1 heterocycles. The molecule has 0 unspecified atom stereocenters. The maximum Gasteiger partial charge on any atom is 0.0994 e. The number of hydrogen-bond acceptors (Lipinski definition) is 2. The largest absolute Gasteiger partial charge is 0.375 e. The summed E-state index contributed by atoms with van der Waals surface area (Å²) in [5.41, 5.74) is 4.45. The van der Waals surface area contributed by atoms with Crippen molar-refractivity contribution in [1.29, 1.82) is 5.26 Å².